The van der Waals surface area contributed by atoms with Crippen molar-refractivity contribution >= 4 is 23.2 Å². The van der Waals surface area contributed by atoms with Crippen molar-refractivity contribution in [3.8, 4) is 5.00 Å². The SMILES string of the molecule is O=C(NCCNc1ncccn1)c1c(-n2cnnn2)sc2c1CCCC2. The number of hydrogen-bond acceptors (Lipinski definition) is 8. The van der Waals surface area contributed by atoms with E-state index in [9.17, 15) is 4.79 Å². The van der Waals surface area contributed by atoms with Crippen LogP contribution in [0.3, 0.4) is 0 Å². The van der Waals surface area contributed by atoms with Gasteiger partial charge in [0.05, 0.1) is 5.56 Å². The fraction of sp³-hybridized carbons (Fsp3) is 0.375. The number of hydrogen-bond donors (Lipinski definition) is 2. The van der Waals surface area contributed by atoms with Crippen LogP contribution in [0.15, 0.2) is 24.8 Å². The van der Waals surface area contributed by atoms with E-state index in [4.69, 9.17) is 0 Å². The molecule has 3 aromatic rings. The van der Waals surface area contributed by atoms with Gasteiger partial charge >= 0.3 is 0 Å². The number of aryl methyl sites for hydroxylation is 1. The zero-order valence-corrected chi connectivity index (χ0v) is 14.9. The minimum atomic E-state index is -0.0920. The Morgan fingerprint density at radius 3 is 2.85 bits per heavy atom. The van der Waals surface area contributed by atoms with Crippen LogP contribution in [0.5, 0.6) is 0 Å². The van der Waals surface area contributed by atoms with Crippen molar-refractivity contribution in [1.82, 2.24) is 35.5 Å². The molecule has 0 bridgehead atoms. The van der Waals surface area contributed by atoms with Gasteiger partial charge < -0.3 is 10.6 Å². The minimum Gasteiger partial charge on any atom is -0.352 e. The van der Waals surface area contributed by atoms with Crippen molar-refractivity contribution in [3.63, 3.8) is 0 Å². The molecule has 10 heteroatoms. The summed E-state index contributed by atoms with van der Waals surface area (Å²) in [5.74, 6) is 0.453. The second-order valence-corrected chi connectivity index (χ2v) is 6.98. The Hall–Kier alpha value is -2.88. The number of nitrogens with zero attached hydrogens (tertiary/aromatic N) is 6. The van der Waals surface area contributed by atoms with Gasteiger partial charge in [0, 0.05) is 30.4 Å². The van der Waals surface area contributed by atoms with E-state index >= 15 is 0 Å². The maximum atomic E-state index is 12.9. The molecule has 2 N–H and O–H groups in total. The van der Waals surface area contributed by atoms with Crippen molar-refractivity contribution in [1.29, 1.82) is 0 Å². The number of tetrazole rings is 1. The second-order valence-electron chi connectivity index (χ2n) is 5.90. The molecule has 0 saturated carbocycles. The average molecular weight is 370 g/mol. The van der Waals surface area contributed by atoms with E-state index in [0.717, 1.165) is 36.2 Å². The Morgan fingerprint density at radius 2 is 2.04 bits per heavy atom. The molecule has 0 spiro atoms. The molecule has 1 aliphatic rings. The van der Waals surface area contributed by atoms with E-state index < -0.39 is 0 Å². The molecule has 134 valence electrons. The number of amides is 1. The molecule has 0 aromatic carbocycles. The van der Waals surface area contributed by atoms with Gasteiger partial charge in [-0.15, -0.1) is 16.4 Å². The van der Waals surface area contributed by atoms with Crippen LogP contribution in [0.25, 0.3) is 5.00 Å². The van der Waals surface area contributed by atoms with E-state index in [0.29, 0.717) is 24.6 Å². The Labute approximate surface area is 153 Å². The summed E-state index contributed by atoms with van der Waals surface area (Å²) in [6.07, 6.45) is 9.06. The van der Waals surface area contributed by atoms with Gasteiger partial charge in [-0.2, -0.15) is 4.68 Å². The van der Waals surface area contributed by atoms with Crippen LogP contribution in [0.1, 0.15) is 33.6 Å². The van der Waals surface area contributed by atoms with Crippen LogP contribution in [0.4, 0.5) is 5.95 Å². The monoisotopic (exact) mass is 370 g/mol. The van der Waals surface area contributed by atoms with Crippen molar-refractivity contribution in [2.24, 2.45) is 0 Å². The lowest BCUT2D eigenvalue weighted by Crippen LogP contribution is -2.30. The summed E-state index contributed by atoms with van der Waals surface area (Å²) in [6.45, 7) is 1.01. The normalized spacial score (nSPS) is 13.2. The highest BCUT2D eigenvalue weighted by molar-refractivity contribution is 7.15. The van der Waals surface area contributed by atoms with Gasteiger partial charge in [-0.05, 0) is 47.7 Å². The third kappa shape index (κ3) is 3.40. The number of fused-ring (bicyclic) bond motifs is 1. The van der Waals surface area contributed by atoms with Crippen molar-refractivity contribution in [2.75, 3.05) is 18.4 Å². The molecule has 0 unspecified atom stereocenters. The largest absolute Gasteiger partial charge is 0.352 e. The van der Waals surface area contributed by atoms with E-state index in [1.807, 2.05) is 0 Å². The van der Waals surface area contributed by atoms with Crippen LogP contribution in [-0.2, 0) is 12.8 Å². The topological polar surface area (TPSA) is 111 Å². The Morgan fingerprint density at radius 1 is 1.19 bits per heavy atom. The van der Waals surface area contributed by atoms with Crippen LogP contribution in [-0.4, -0.2) is 49.2 Å². The highest BCUT2D eigenvalue weighted by atomic mass is 32.1. The van der Waals surface area contributed by atoms with Crippen molar-refractivity contribution < 1.29 is 4.79 Å². The van der Waals surface area contributed by atoms with Gasteiger partial charge in [0.15, 0.2) is 0 Å². The summed E-state index contributed by atoms with van der Waals surface area (Å²) in [7, 11) is 0. The highest BCUT2D eigenvalue weighted by Crippen LogP contribution is 2.36. The number of aromatic nitrogens is 6. The van der Waals surface area contributed by atoms with E-state index in [-0.39, 0.29) is 5.91 Å². The van der Waals surface area contributed by atoms with Crippen LogP contribution >= 0.6 is 11.3 Å². The number of carbonyl (C=O) groups excluding carboxylic acids is 1. The lowest BCUT2D eigenvalue weighted by atomic mass is 9.95. The van der Waals surface area contributed by atoms with Gasteiger partial charge in [0.2, 0.25) is 5.95 Å². The first-order valence-electron chi connectivity index (χ1n) is 8.50. The Kier molecular flexibility index (Phi) is 4.82. The van der Waals surface area contributed by atoms with Gasteiger partial charge in [-0.25, -0.2) is 9.97 Å². The van der Waals surface area contributed by atoms with Crippen LogP contribution < -0.4 is 10.6 Å². The highest BCUT2D eigenvalue weighted by Gasteiger charge is 2.26. The zero-order chi connectivity index (χ0) is 17.8. The van der Waals surface area contributed by atoms with Crippen molar-refractivity contribution in [2.45, 2.75) is 25.7 Å². The van der Waals surface area contributed by atoms with E-state index in [1.165, 1.54) is 11.2 Å². The fourth-order valence-electron chi connectivity index (χ4n) is 3.03. The predicted molar refractivity (Wildman–Crippen MR) is 96.5 cm³/mol. The Bertz CT molecular complexity index is 877. The molecule has 3 heterocycles. The number of thiophene rings is 1. The summed E-state index contributed by atoms with van der Waals surface area (Å²) in [4.78, 5) is 22.3. The molecule has 9 nitrogen and oxygen atoms in total. The van der Waals surface area contributed by atoms with E-state index in [2.05, 4.69) is 36.1 Å². The number of nitrogens with one attached hydrogen (secondary N) is 2. The van der Waals surface area contributed by atoms with Gasteiger partial charge in [0.25, 0.3) is 5.91 Å². The third-order valence-corrected chi connectivity index (χ3v) is 5.48. The van der Waals surface area contributed by atoms with E-state index in [1.54, 1.807) is 34.5 Å². The lowest BCUT2D eigenvalue weighted by molar-refractivity contribution is 0.0954. The van der Waals surface area contributed by atoms with Crippen molar-refractivity contribution in [3.05, 3.63) is 40.8 Å². The number of rotatable bonds is 6. The molecule has 1 amide bonds. The summed E-state index contributed by atoms with van der Waals surface area (Å²) >= 11 is 1.61. The first-order valence-corrected chi connectivity index (χ1v) is 9.31. The Balaban J connectivity index is 1.47. The molecule has 0 fully saturated rings. The second kappa shape index (κ2) is 7.56. The zero-order valence-electron chi connectivity index (χ0n) is 14.1. The standard InChI is InChI=1S/C16H18N8OS/c25-14(17-8-9-20-16-18-6-3-7-19-16)13-11-4-1-2-5-12(11)26-15(13)24-10-21-22-23-24/h3,6-7,10H,1-2,4-5,8-9H2,(H,17,25)(H,18,19,20). The maximum absolute atomic E-state index is 12.9. The van der Waals surface area contributed by atoms with Gasteiger partial charge in [0.1, 0.15) is 11.3 Å². The maximum Gasteiger partial charge on any atom is 0.254 e. The summed E-state index contributed by atoms with van der Waals surface area (Å²) in [6, 6.07) is 1.76. The molecule has 0 atom stereocenters. The predicted octanol–water partition coefficient (Wildman–Crippen LogP) is 1.23. The van der Waals surface area contributed by atoms with Gasteiger partial charge in [-0.3, -0.25) is 4.79 Å². The molecule has 1 aliphatic carbocycles. The molecule has 4 rings (SSSR count). The first-order chi connectivity index (χ1) is 12.8. The molecule has 0 saturated heterocycles. The average Bonchev–Trinajstić information content (AvgIpc) is 3.33. The number of anilines is 1. The fourth-order valence-corrected chi connectivity index (χ4v) is 4.33. The molecular weight excluding hydrogens is 352 g/mol. The molecular formula is C16H18N8OS. The quantitative estimate of drug-likeness (QED) is 0.628. The first kappa shape index (κ1) is 16.6. The molecule has 0 aliphatic heterocycles. The van der Waals surface area contributed by atoms with Crippen LogP contribution in [0.2, 0.25) is 0 Å². The minimum absolute atomic E-state index is 0.0920. The molecule has 0 radical (unpaired) electrons. The number of carbonyl (C=O) groups is 1. The molecule has 3 aromatic heterocycles. The summed E-state index contributed by atoms with van der Waals surface area (Å²) < 4.78 is 1.58. The van der Waals surface area contributed by atoms with Crippen LogP contribution in [0, 0.1) is 0 Å². The van der Waals surface area contributed by atoms with Gasteiger partial charge in [-0.1, -0.05) is 0 Å². The summed E-state index contributed by atoms with van der Waals surface area (Å²) in [5, 5.41) is 18.2. The summed E-state index contributed by atoms with van der Waals surface area (Å²) in [5.41, 5.74) is 1.84. The lowest BCUT2D eigenvalue weighted by Gasteiger charge is -2.13. The smallest absolute Gasteiger partial charge is 0.254 e. The molecule has 26 heavy (non-hydrogen) atoms. The third-order valence-electron chi connectivity index (χ3n) is 4.20.